The molecule has 21 heavy (non-hydrogen) atoms. The Morgan fingerprint density at radius 3 is 2.38 bits per heavy atom. The summed E-state index contributed by atoms with van der Waals surface area (Å²) in [5, 5.41) is 8.91. The lowest BCUT2D eigenvalue weighted by atomic mass is 9.85. The van der Waals surface area contributed by atoms with Crippen molar-refractivity contribution in [2.24, 2.45) is 5.41 Å². The van der Waals surface area contributed by atoms with Crippen molar-refractivity contribution in [2.75, 3.05) is 26.2 Å². The number of carbonyl (C=O) groups is 2. The zero-order valence-electron chi connectivity index (χ0n) is 13.3. The number of carboxylic acid groups (broad SMARTS) is 1. The molecule has 0 aromatic rings. The minimum absolute atomic E-state index is 0.0438. The van der Waals surface area contributed by atoms with Crippen LogP contribution < -0.4 is 0 Å². The number of aliphatic carboxylic acids is 1. The fourth-order valence-corrected chi connectivity index (χ4v) is 3.54. The molecule has 0 saturated carbocycles. The SMILES string of the molecule is CC(C)(CC(=O)O)CC(=O)N1CCC(N2CCCCC2)C1. The molecule has 2 fully saturated rings. The quantitative estimate of drug-likeness (QED) is 0.842. The lowest BCUT2D eigenvalue weighted by molar-refractivity contribution is -0.140. The van der Waals surface area contributed by atoms with Crippen molar-refractivity contribution in [1.29, 1.82) is 0 Å². The van der Waals surface area contributed by atoms with Gasteiger partial charge in [0.2, 0.25) is 5.91 Å². The summed E-state index contributed by atoms with van der Waals surface area (Å²) in [7, 11) is 0. The molecule has 5 nitrogen and oxygen atoms in total. The summed E-state index contributed by atoms with van der Waals surface area (Å²) in [6.07, 6.45) is 5.31. The Balaban J connectivity index is 1.82. The number of nitrogens with zero attached hydrogens (tertiary/aromatic N) is 2. The van der Waals surface area contributed by atoms with Gasteiger partial charge in [-0.25, -0.2) is 0 Å². The second kappa shape index (κ2) is 6.77. The second-order valence-corrected chi connectivity index (χ2v) is 7.29. The van der Waals surface area contributed by atoms with E-state index in [-0.39, 0.29) is 12.3 Å². The predicted octanol–water partition coefficient (Wildman–Crippen LogP) is 1.96. The van der Waals surface area contributed by atoms with Crippen molar-refractivity contribution in [2.45, 2.75) is 58.4 Å². The molecule has 0 aromatic carbocycles. The standard InChI is InChI=1S/C16H28N2O3/c1-16(2,11-15(20)21)10-14(19)18-9-6-13(12-18)17-7-4-3-5-8-17/h13H,3-12H2,1-2H3,(H,20,21). The van der Waals surface area contributed by atoms with Gasteiger partial charge in [0.25, 0.3) is 0 Å². The fourth-order valence-electron chi connectivity index (χ4n) is 3.54. The highest BCUT2D eigenvalue weighted by atomic mass is 16.4. The fraction of sp³-hybridized carbons (Fsp3) is 0.875. The van der Waals surface area contributed by atoms with Gasteiger partial charge < -0.3 is 10.0 Å². The van der Waals surface area contributed by atoms with Crippen LogP contribution in [0.5, 0.6) is 0 Å². The maximum atomic E-state index is 12.4. The van der Waals surface area contributed by atoms with Gasteiger partial charge in [0.1, 0.15) is 0 Å². The molecule has 2 saturated heterocycles. The van der Waals surface area contributed by atoms with Gasteiger partial charge in [-0.1, -0.05) is 20.3 Å². The molecule has 1 amide bonds. The third-order valence-corrected chi connectivity index (χ3v) is 4.68. The Morgan fingerprint density at radius 1 is 1.10 bits per heavy atom. The molecule has 2 aliphatic rings. The molecule has 1 atom stereocenters. The third kappa shape index (κ3) is 4.70. The highest BCUT2D eigenvalue weighted by molar-refractivity contribution is 5.78. The molecule has 2 aliphatic heterocycles. The predicted molar refractivity (Wildman–Crippen MR) is 81.1 cm³/mol. The highest BCUT2D eigenvalue weighted by Gasteiger charge is 2.33. The molecular formula is C16H28N2O3. The topological polar surface area (TPSA) is 60.9 Å². The molecule has 0 aliphatic carbocycles. The van der Waals surface area contributed by atoms with Gasteiger partial charge in [0.15, 0.2) is 0 Å². The smallest absolute Gasteiger partial charge is 0.303 e. The summed E-state index contributed by atoms with van der Waals surface area (Å²) >= 11 is 0. The summed E-state index contributed by atoms with van der Waals surface area (Å²) in [6.45, 7) is 7.69. The Bertz CT molecular complexity index is 389. The van der Waals surface area contributed by atoms with Crippen molar-refractivity contribution in [3.63, 3.8) is 0 Å². The summed E-state index contributed by atoms with van der Waals surface area (Å²) < 4.78 is 0. The van der Waals surface area contributed by atoms with E-state index in [1.54, 1.807) is 0 Å². The van der Waals surface area contributed by atoms with Crippen molar-refractivity contribution < 1.29 is 14.7 Å². The maximum Gasteiger partial charge on any atom is 0.303 e. The Hall–Kier alpha value is -1.10. The lowest BCUT2D eigenvalue weighted by Gasteiger charge is -2.32. The van der Waals surface area contributed by atoms with Gasteiger partial charge in [0.05, 0.1) is 6.42 Å². The number of amides is 1. The summed E-state index contributed by atoms with van der Waals surface area (Å²) in [4.78, 5) is 27.7. The van der Waals surface area contributed by atoms with Crippen molar-refractivity contribution in [3.8, 4) is 0 Å². The Morgan fingerprint density at radius 2 is 1.76 bits per heavy atom. The molecule has 2 heterocycles. The number of likely N-dealkylation sites (tertiary alicyclic amines) is 2. The molecule has 120 valence electrons. The van der Waals surface area contributed by atoms with Crippen LogP contribution in [0, 0.1) is 5.41 Å². The highest BCUT2D eigenvalue weighted by Crippen LogP contribution is 2.28. The molecule has 5 heteroatoms. The van der Waals surface area contributed by atoms with Gasteiger partial charge in [-0.05, 0) is 37.8 Å². The average molecular weight is 296 g/mol. The number of piperidine rings is 1. The van der Waals surface area contributed by atoms with Crippen molar-refractivity contribution >= 4 is 11.9 Å². The number of carbonyl (C=O) groups excluding carboxylic acids is 1. The van der Waals surface area contributed by atoms with E-state index in [4.69, 9.17) is 5.11 Å². The van der Waals surface area contributed by atoms with E-state index in [9.17, 15) is 9.59 Å². The first-order valence-electron chi connectivity index (χ1n) is 8.11. The van der Waals surface area contributed by atoms with Crippen LogP contribution in [0.3, 0.4) is 0 Å². The van der Waals surface area contributed by atoms with Crippen molar-refractivity contribution in [1.82, 2.24) is 9.80 Å². The van der Waals surface area contributed by atoms with E-state index < -0.39 is 11.4 Å². The largest absolute Gasteiger partial charge is 0.481 e. The first kappa shape index (κ1) is 16.3. The van der Waals surface area contributed by atoms with E-state index in [1.165, 1.54) is 19.3 Å². The summed E-state index contributed by atoms with van der Waals surface area (Å²) in [5.74, 6) is -0.721. The van der Waals surface area contributed by atoms with Crippen LogP contribution in [0.4, 0.5) is 0 Å². The zero-order chi connectivity index (χ0) is 15.5. The Kier molecular flexibility index (Phi) is 5.25. The van der Waals surface area contributed by atoms with Gasteiger partial charge in [-0.2, -0.15) is 0 Å². The number of hydrogen-bond acceptors (Lipinski definition) is 3. The molecule has 0 aromatic heterocycles. The van der Waals surface area contributed by atoms with Gasteiger partial charge >= 0.3 is 5.97 Å². The molecule has 1 unspecified atom stereocenters. The van der Waals surface area contributed by atoms with Crippen LogP contribution in [0.1, 0.15) is 52.4 Å². The third-order valence-electron chi connectivity index (χ3n) is 4.68. The van der Waals surface area contributed by atoms with Gasteiger partial charge in [-0.3, -0.25) is 14.5 Å². The summed E-state index contributed by atoms with van der Waals surface area (Å²) in [6, 6.07) is 0.511. The number of carboxylic acids is 1. The van der Waals surface area contributed by atoms with E-state index in [2.05, 4.69) is 4.90 Å². The molecule has 0 bridgehead atoms. The number of hydrogen-bond donors (Lipinski definition) is 1. The minimum Gasteiger partial charge on any atom is -0.481 e. The van der Waals surface area contributed by atoms with E-state index in [0.717, 1.165) is 32.6 Å². The van der Waals surface area contributed by atoms with Crippen molar-refractivity contribution in [3.05, 3.63) is 0 Å². The second-order valence-electron chi connectivity index (χ2n) is 7.29. The van der Waals surface area contributed by atoms with E-state index in [0.29, 0.717) is 12.5 Å². The minimum atomic E-state index is -0.833. The lowest BCUT2D eigenvalue weighted by Crippen LogP contribution is -2.42. The molecule has 0 spiro atoms. The van der Waals surface area contributed by atoms with E-state index in [1.807, 2.05) is 18.7 Å². The summed E-state index contributed by atoms with van der Waals surface area (Å²) in [5.41, 5.74) is -0.466. The first-order valence-corrected chi connectivity index (χ1v) is 8.11. The van der Waals surface area contributed by atoms with E-state index >= 15 is 0 Å². The Labute approximate surface area is 127 Å². The molecule has 1 N–H and O–H groups in total. The maximum absolute atomic E-state index is 12.4. The molecule has 2 rings (SSSR count). The molecular weight excluding hydrogens is 268 g/mol. The zero-order valence-corrected chi connectivity index (χ0v) is 13.3. The van der Waals surface area contributed by atoms with Gasteiger partial charge in [-0.15, -0.1) is 0 Å². The van der Waals surface area contributed by atoms with Crippen LogP contribution in [0.2, 0.25) is 0 Å². The van der Waals surface area contributed by atoms with Crippen LogP contribution in [0.25, 0.3) is 0 Å². The normalized spacial score (nSPS) is 24.3. The number of rotatable bonds is 5. The molecule has 0 radical (unpaired) electrons. The van der Waals surface area contributed by atoms with Crippen LogP contribution >= 0.6 is 0 Å². The van der Waals surface area contributed by atoms with Crippen LogP contribution in [0.15, 0.2) is 0 Å². The first-order chi connectivity index (χ1) is 9.87. The monoisotopic (exact) mass is 296 g/mol. The van der Waals surface area contributed by atoms with Crippen LogP contribution in [-0.2, 0) is 9.59 Å². The van der Waals surface area contributed by atoms with Gasteiger partial charge in [0, 0.05) is 25.6 Å². The average Bonchev–Trinajstić information content (AvgIpc) is 2.87. The van der Waals surface area contributed by atoms with Crippen LogP contribution in [-0.4, -0.2) is 59.0 Å².